The Kier molecular flexibility index (Phi) is 3.26. The first-order valence-corrected chi connectivity index (χ1v) is 6.24. The van der Waals surface area contributed by atoms with Crippen molar-refractivity contribution >= 4 is 0 Å². The molecule has 1 saturated carbocycles. The van der Waals surface area contributed by atoms with Crippen molar-refractivity contribution in [1.82, 2.24) is 25.1 Å². The van der Waals surface area contributed by atoms with Gasteiger partial charge in [0.1, 0.15) is 12.6 Å². The average molecular weight is 264 g/mol. The minimum Gasteiger partial charge on any atom is -0.373 e. The van der Waals surface area contributed by atoms with Crippen LogP contribution in [0.5, 0.6) is 0 Å². The first-order valence-electron chi connectivity index (χ1n) is 6.24. The molecular weight excluding hydrogens is 248 g/mol. The summed E-state index contributed by atoms with van der Waals surface area (Å²) in [6.07, 6.45) is 4.02. The highest BCUT2D eigenvalue weighted by atomic mass is 16.5. The van der Waals surface area contributed by atoms with E-state index in [9.17, 15) is 0 Å². The SMILES string of the molecule is COC(c1noc(Cn2cc(CN)nn2)n1)C1CC1. The smallest absolute Gasteiger partial charge is 0.248 e. The molecule has 102 valence electrons. The lowest BCUT2D eigenvalue weighted by Gasteiger charge is -2.08. The Bertz CT molecular complexity index is 547. The lowest BCUT2D eigenvalue weighted by Crippen LogP contribution is -2.06. The zero-order valence-electron chi connectivity index (χ0n) is 10.7. The third-order valence-corrected chi connectivity index (χ3v) is 3.13. The second-order valence-electron chi connectivity index (χ2n) is 4.65. The number of methoxy groups -OCH3 is 1. The van der Waals surface area contributed by atoms with Gasteiger partial charge in [0.15, 0.2) is 0 Å². The van der Waals surface area contributed by atoms with Gasteiger partial charge in [0.05, 0.1) is 11.9 Å². The van der Waals surface area contributed by atoms with Gasteiger partial charge in [-0.2, -0.15) is 4.98 Å². The number of ether oxygens (including phenoxy) is 1. The van der Waals surface area contributed by atoms with Gasteiger partial charge >= 0.3 is 0 Å². The molecule has 0 spiro atoms. The van der Waals surface area contributed by atoms with Gasteiger partial charge in [0.25, 0.3) is 0 Å². The second kappa shape index (κ2) is 5.06. The van der Waals surface area contributed by atoms with Gasteiger partial charge in [-0.05, 0) is 18.8 Å². The highest BCUT2D eigenvalue weighted by molar-refractivity contribution is 4.99. The zero-order valence-corrected chi connectivity index (χ0v) is 10.7. The number of hydrogen-bond acceptors (Lipinski definition) is 7. The Balaban J connectivity index is 1.70. The summed E-state index contributed by atoms with van der Waals surface area (Å²) < 4.78 is 12.2. The highest BCUT2D eigenvalue weighted by Gasteiger charge is 2.35. The van der Waals surface area contributed by atoms with Crippen molar-refractivity contribution in [3.05, 3.63) is 23.6 Å². The van der Waals surface area contributed by atoms with Crippen LogP contribution < -0.4 is 5.73 Å². The lowest BCUT2D eigenvalue weighted by atomic mass is 10.2. The molecule has 1 aliphatic carbocycles. The van der Waals surface area contributed by atoms with Crippen LogP contribution in [0.1, 0.15) is 36.4 Å². The maximum absolute atomic E-state index is 5.47. The minimum atomic E-state index is -0.0622. The van der Waals surface area contributed by atoms with Crippen molar-refractivity contribution in [2.24, 2.45) is 11.7 Å². The molecule has 8 nitrogen and oxygen atoms in total. The van der Waals surface area contributed by atoms with Crippen molar-refractivity contribution in [1.29, 1.82) is 0 Å². The fourth-order valence-electron chi connectivity index (χ4n) is 2.00. The van der Waals surface area contributed by atoms with Crippen molar-refractivity contribution in [3.63, 3.8) is 0 Å². The van der Waals surface area contributed by atoms with Gasteiger partial charge in [-0.25, -0.2) is 4.68 Å². The molecule has 8 heteroatoms. The molecule has 3 rings (SSSR count). The van der Waals surface area contributed by atoms with Crippen LogP contribution in [0.25, 0.3) is 0 Å². The Labute approximate surface area is 109 Å². The Hall–Kier alpha value is -1.80. The van der Waals surface area contributed by atoms with E-state index in [-0.39, 0.29) is 6.10 Å². The average Bonchev–Trinajstić information content (AvgIpc) is 2.98. The molecule has 0 amide bonds. The molecule has 2 aromatic rings. The molecule has 0 saturated heterocycles. The van der Waals surface area contributed by atoms with Gasteiger partial charge in [0.2, 0.25) is 11.7 Å². The van der Waals surface area contributed by atoms with Crippen LogP contribution in [-0.2, 0) is 17.8 Å². The van der Waals surface area contributed by atoms with E-state index < -0.39 is 0 Å². The van der Waals surface area contributed by atoms with Gasteiger partial charge in [-0.15, -0.1) is 5.10 Å². The quantitative estimate of drug-likeness (QED) is 0.798. The molecule has 1 fully saturated rings. The molecule has 1 atom stereocenters. The second-order valence-corrected chi connectivity index (χ2v) is 4.65. The van der Waals surface area contributed by atoms with E-state index in [4.69, 9.17) is 15.0 Å². The Morgan fingerprint density at radius 2 is 2.42 bits per heavy atom. The molecule has 0 aliphatic heterocycles. The minimum absolute atomic E-state index is 0.0622. The van der Waals surface area contributed by atoms with Crippen LogP contribution in [-0.4, -0.2) is 32.2 Å². The number of aromatic nitrogens is 5. The summed E-state index contributed by atoms with van der Waals surface area (Å²) in [6.45, 7) is 0.754. The van der Waals surface area contributed by atoms with E-state index >= 15 is 0 Å². The fraction of sp³-hybridized carbons (Fsp3) is 0.636. The molecule has 0 radical (unpaired) electrons. The molecule has 2 heterocycles. The topological polar surface area (TPSA) is 105 Å². The van der Waals surface area contributed by atoms with Gasteiger partial charge in [-0.3, -0.25) is 0 Å². The summed E-state index contributed by atoms with van der Waals surface area (Å²) >= 11 is 0. The normalized spacial score (nSPS) is 16.7. The van der Waals surface area contributed by atoms with E-state index in [1.54, 1.807) is 18.0 Å². The standard InChI is InChI=1S/C11H16N6O2/c1-18-10(7-2-3-7)11-13-9(19-15-11)6-17-5-8(4-12)14-16-17/h5,7,10H,2-4,6,12H2,1H3. The molecule has 19 heavy (non-hydrogen) atoms. The van der Waals surface area contributed by atoms with E-state index in [0.717, 1.165) is 18.5 Å². The molecule has 2 aromatic heterocycles. The van der Waals surface area contributed by atoms with Crippen LogP contribution in [0, 0.1) is 5.92 Å². The Morgan fingerprint density at radius 1 is 1.58 bits per heavy atom. The molecular formula is C11H16N6O2. The molecule has 0 bridgehead atoms. The van der Waals surface area contributed by atoms with Gasteiger partial charge < -0.3 is 15.0 Å². The zero-order chi connectivity index (χ0) is 13.2. The largest absolute Gasteiger partial charge is 0.373 e. The highest BCUT2D eigenvalue weighted by Crippen LogP contribution is 2.41. The molecule has 0 aromatic carbocycles. The third kappa shape index (κ3) is 2.64. The first kappa shape index (κ1) is 12.2. The number of hydrogen-bond donors (Lipinski definition) is 1. The van der Waals surface area contributed by atoms with Crippen LogP contribution in [0.3, 0.4) is 0 Å². The number of nitrogens with two attached hydrogens (primary N) is 1. The van der Waals surface area contributed by atoms with Crippen molar-refractivity contribution in [2.75, 3.05) is 7.11 Å². The molecule has 2 N–H and O–H groups in total. The van der Waals surface area contributed by atoms with Crippen molar-refractivity contribution in [2.45, 2.75) is 32.0 Å². The van der Waals surface area contributed by atoms with Crippen molar-refractivity contribution < 1.29 is 9.26 Å². The summed E-state index contributed by atoms with van der Waals surface area (Å²) in [5.74, 6) is 1.62. The monoisotopic (exact) mass is 264 g/mol. The predicted octanol–water partition coefficient (Wildman–Crippen LogP) is 0.266. The maximum atomic E-state index is 5.47. The van der Waals surface area contributed by atoms with Crippen LogP contribution in [0.15, 0.2) is 10.7 Å². The first-order chi connectivity index (χ1) is 9.30. The number of nitrogens with zero attached hydrogens (tertiary/aromatic N) is 5. The summed E-state index contributed by atoms with van der Waals surface area (Å²) in [5, 5.41) is 11.8. The molecule has 1 unspecified atom stereocenters. The van der Waals surface area contributed by atoms with Crippen molar-refractivity contribution in [3.8, 4) is 0 Å². The lowest BCUT2D eigenvalue weighted by molar-refractivity contribution is 0.0751. The summed E-state index contributed by atoms with van der Waals surface area (Å²) in [6, 6.07) is 0. The maximum Gasteiger partial charge on any atom is 0.248 e. The summed E-state index contributed by atoms with van der Waals surface area (Å²) in [4.78, 5) is 4.35. The van der Waals surface area contributed by atoms with E-state index in [0.29, 0.717) is 30.7 Å². The summed E-state index contributed by atoms with van der Waals surface area (Å²) in [7, 11) is 1.67. The van der Waals surface area contributed by atoms with E-state index in [2.05, 4.69) is 20.5 Å². The molecule has 1 aliphatic rings. The Morgan fingerprint density at radius 3 is 3.05 bits per heavy atom. The van der Waals surface area contributed by atoms with Crippen LogP contribution in [0.2, 0.25) is 0 Å². The fourth-order valence-corrected chi connectivity index (χ4v) is 2.00. The van der Waals surface area contributed by atoms with Crippen LogP contribution in [0.4, 0.5) is 0 Å². The van der Waals surface area contributed by atoms with Gasteiger partial charge in [0, 0.05) is 13.7 Å². The number of rotatable bonds is 6. The van der Waals surface area contributed by atoms with Crippen LogP contribution >= 0.6 is 0 Å². The third-order valence-electron chi connectivity index (χ3n) is 3.13. The summed E-state index contributed by atoms with van der Waals surface area (Å²) in [5.41, 5.74) is 6.20. The van der Waals surface area contributed by atoms with E-state index in [1.807, 2.05) is 0 Å². The predicted molar refractivity (Wildman–Crippen MR) is 63.8 cm³/mol. The van der Waals surface area contributed by atoms with Gasteiger partial charge in [-0.1, -0.05) is 10.4 Å². The van der Waals surface area contributed by atoms with E-state index in [1.165, 1.54) is 0 Å².